The molecule has 144 valence electrons. The molecule has 0 saturated carbocycles. The van der Waals surface area contributed by atoms with Crippen LogP contribution in [0, 0.1) is 0 Å². The van der Waals surface area contributed by atoms with Crippen molar-refractivity contribution in [1.29, 1.82) is 0 Å². The highest BCUT2D eigenvalue weighted by molar-refractivity contribution is 5.81. The third kappa shape index (κ3) is 6.77. The topological polar surface area (TPSA) is 119 Å². The zero-order chi connectivity index (χ0) is 19.6. The molecule has 1 aromatic heterocycles. The summed E-state index contributed by atoms with van der Waals surface area (Å²) in [6.07, 6.45) is -0.675. The number of alkyl carbamates (subject to hydrolysis) is 1. The van der Waals surface area contributed by atoms with Crippen LogP contribution >= 0.6 is 0 Å². The van der Waals surface area contributed by atoms with Gasteiger partial charge >= 0.3 is 12.1 Å². The van der Waals surface area contributed by atoms with Crippen LogP contribution in [0.15, 0.2) is 30.3 Å². The molecule has 10 nitrogen and oxygen atoms in total. The number of benzene rings is 1. The summed E-state index contributed by atoms with van der Waals surface area (Å²) < 4.78 is 10.0. The van der Waals surface area contributed by atoms with E-state index >= 15 is 0 Å². The van der Waals surface area contributed by atoms with Crippen molar-refractivity contribution in [1.82, 2.24) is 25.6 Å². The Hall–Kier alpha value is -3.43. The Kier molecular flexibility index (Phi) is 7.29. The van der Waals surface area contributed by atoms with Gasteiger partial charge in [-0.05, 0) is 5.56 Å². The summed E-state index contributed by atoms with van der Waals surface area (Å²) in [5.74, 6) is 0.344. The van der Waals surface area contributed by atoms with Crippen LogP contribution in [0.5, 0.6) is 6.01 Å². The van der Waals surface area contributed by atoms with E-state index in [1.165, 1.54) is 7.11 Å². The van der Waals surface area contributed by atoms with Gasteiger partial charge in [0.25, 0.3) is 0 Å². The average molecular weight is 374 g/mol. The molecule has 0 radical (unpaired) electrons. The highest BCUT2D eigenvalue weighted by atomic mass is 16.5. The Bertz CT molecular complexity index is 769. The fourth-order valence-corrected chi connectivity index (χ4v) is 1.92. The van der Waals surface area contributed by atoms with Gasteiger partial charge in [0.2, 0.25) is 11.9 Å². The number of aromatic nitrogens is 3. The van der Waals surface area contributed by atoms with Gasteiger partial charge in [-0.1, -0.05) is 30.3 Å². The number of ether oxygens (including phenoxy) is 2. The maximum absolute atomic E-state index is 11.9. The van der Waals surface area contributed by atoms with E-state index in [4.69, 9.17) is 9.47 Å². The van der Waals surface area contributed by atoms with Crippen LogP contribution < -0.4 is 20.3 Å². The molecule has 0 unspecified atom stereocenters. The second-order valence-corrected chi connectivity index (χ2v) is 5.62. The van der Waals surface area contributed by atoms with Gasteiger partial charge in [0, 0.05) is 14.1 Å². The van der Waals surface area contributed by atoms with E-state index in [1.807, 2.05) is 30.3 Å². The molecular weight excluding hydrogens is 352 g/mol. The molecule has 2 aromatic rings. The number of rotatable bonds is 8. The van der Waals surface area contributed by atoms with Crippen molar-refractivity contribution in [3.63, 3.8) is 0 Å². The predicted molar refractivity (Wildman–Crippen MR) is 97.2 cm³/mol. The molecule has 2 N–H and O–H groups in total. The standard InChI is InChI=1S/C17H22N6O4/c1-23(2)15-20-13(21-16(22-15)26-3)9-18-14(24)10-19-17(25)27-11-12-7-5-4-6-8-12/h4-8H,9-11H2,1-3H3,(H,18,24)(H,19,25). The molecule has 0 saturated heterocycles. The van der Waals surface area contributed by atoms with Crippen LogP contribution in [0.4, 0.5) is 10.7 Å². The first-order valence-electron chi connectivity index (χ1n) is 8.15. The number of carbonyl (C=O) groups is 2. The molecule has 0 aliphatic heterocycles. The lowest BCUT2D eigenvalue weighted by Crippen LogP contribution is -2.37. The van der Waals surface area contributed by atoms with E-state index in [1.54, 1.807) is 19.0 Å². The zero-order valence-electron chi connectivity index (χ0n) is 15.4. The second-order valence-electron chi connectivity index (χ2n) is 5.62. The first kappa shape index (κ1) is 19.9. The van der Waals surface area contributed by atoms with E-state index in [9.17, 15) is 9.59 Å². The van der Waals surface area contributed by atoms with Crippen LogP contribution in [-0.2, 0) is 22.7 Å². The third-order valence-electron chi connectivity index (χ3n) is 3.28. The first-order chi connectivity index (χ1) is 13.0. The van der Waals surface area contributed by atoms with Crippen LogP contribution in [-0.4, -0.2) is 54.7 Å². The fraction of sp³-hybridized carbons (Fsp3) is 0.353. The maximum atomic E-state index is 11.9. The van der Waals surface area contributed by atoms with Crippen LogP contribution in [0.2, 0.25) is 0 Å². The van der Waals surface area contributed by atoms with Gasteiger partial charge in [-0.3, -0.25) is 4.79 Å². The Morgan fingerprint density at radius 2 is 1.81 bits per heavy atom. The Balaban J connectivity index is 1.76. The van der Waals surface area contributed by atoms with Crippen molar-refractivity contribution in [3.05, 3.63) is 41.7 Å². The summed E-state index contributed by atoms with van der Waals surface area (Å²) in [6, 6.07) is 9.40. The third-order valence-corrected chi connectivity index (χ3v) is 3.28. The number of carbonyl (C=O) groups excluding carboxylic acids is 2. The van der Waals surface area contributed by atoms with Crippen LogP contribution in [0.1, 0.15) is 11.4 Å². The monoisotopic (exact) mass is 374 g/mol. The van der Waals surface area contributed by atoms with E-state index in [2.05, 4.69) is 25.6 Å². The van der Waals surface area contributed by atoms with Crippen LogP contribution in [0.25, 0.3) is 0 Å². The number of hydrogen-bond acceptors (Lipinski definition) is 8. The largest absolute Gasteiger partial charge is 0.467 e. The number of nitrogens with zero attached hydrogens (tertiary/aromatic N) is 4. The van der Waals surface area contributed by atoms with E-state index in [-0.39, 0.29) is 25.7 Å². The van der Waals surface area contributed by atoms with Gasteiger partial charge in [0.15, 0.2) is 5.82 Å². The minimum Gasteiger partial charge on any atom is -0.467 e. The normalized spacial score (nSPS) is 10.0. The molecule has 1 aromatic carbocycles. The summed E-state index contributed by atoms with van der Waals surface area (Å²) in [7, 11) is 5.01. The first-order valence-corrected chi connectivity index (χ1v) is 8.15. The van der Waals surface area contributed by atoms with Gasteiger partial charge < -0.3 is 25.0 Å². The van der Waals surface area contributed by atoms with Crippen molar-refractivity contribution < 1.29 is 19.1 Å². The van der Waals surface area contributed by atoms with Gasteiger partial charge in [0.1, 0.15) is 13.2 Å². The number of nitrogens with one attached hydrogen (secondary N) is 2. The van der Waals surface area contributed by atoms with E-state index < -0.39 is 12.0 Å². The van der Waals surface area contributed by atoms with Crippen molar-refractivity contribution in [3.8, 4) is 6.01 Å². The van der Waals surface area contributed by atoms with Crippen molar-refractivity contribution >= 4 is 17.9 Å². The van der Waals surface area contributed by atoms with Gasteiger partial charge in [-0.15, -0.1) is 0 Å². The maximum Gasteiger partial charge on any atom is 0.407 e. The zero-order valence-corrected chi connectivity index (χ0v) is 15.4. The highest BCUT2D eigenvalue weighted by Crippen LogP contribution is 2.09. The smallest absolute Gasteiger partial charge is 0.407 e. The van der Waals surface area contributed by atoms with Crippen molar-refractivity contribution in [2.75, 3.05) is 32.6 Å². The van der Waals surface area contributed by atoms with Gasteiger partial charge in [-0.25, -0.2) is 4.79 Å². The minimum atomic E-state index is -0.675. The summed E-state index contributed by atoms with van der Waals surface area (Å²) in [5.41, 5.74) is 0.859. The lowest BCUT2D eigenvalue weighted by Gasteiger charge is -2.12. The molecule has 0 aliphatic rings. The average Bonchev–Trinajstić information content (AvgIpc) is 2.69. The van der Waals surface area contributed by atoms with E-state index in [0.29, 0.717) is 11.8 Å². The Labute approximate surface area is 156 Å². The molecule has 0 atom stereocenters. The summed E-state index contributed by atoms with van der Waals surface area (Å²) >= 11 is 0. The highest BCUT2D eigenvalue weighted by Gasteiger charge is 2.11. The Morgan fingerprint density at radius 3 is 2.48 bits per heavy atom. The molecule has 10 heteroatoms. The molecular formula is C17H22N6O4. The summed E-state index contributed by atoms with van der Waals surface area (Å²) in [5, 5.41) is 4.99. The molecule has 0 fully saturated rings. The lowest BCUT2D eigenvalue weighted by molar-refractivity contribution is -0.120. The summed E-state index contributed by atoms with van der Waals surface area (Å²) in [6.45, 7) is -0.0259. The quantitative estimate of drug-likeness (QED) is 0.685. The van der Waals surface area contributed by atoms with Gasteiger partial charge in [0.05, 0.1) is 13.7 Å². The molecule has 27 heavy (non-hydrogen) atoms. The SMILES string of the molecule is COc1nc(CNC(=O)CNC(=O)OCc2ccccc2)nc(N(C)C)n1. The number of amides is 2. The number of anilines is 1. The molecule has 1 heterocycles. The number of methoxy groups -OCH3 is 1. The molecule has 0 aliphatic carbocycles. The predicted octanol–water partition coefficient (Wildman–Crippen LogP) is 0.489. The molecule has 2 amide bonds. The molecule has 2 rings (SSSR count). The summed E-state index contributed by atoms with van der Waals surface area (Å²) in [4.78, 5) is 37.6. The molecule has 0 bridgehead atoms. The van der Waals surface area contributed by atoms with E-state index in [0.717, 1.165) is 5.56 Å². The number of hydrogen-bond donors (Lipinski definition) is 2. The van der Waals surface area contributed by atoms with Crippen molar-refractivity contribution in [2.24, 2.45) is 0 Å². The fourth-order valence-electron chi connectivity index (χ4n) is 1.92. The second kappa shape index (κ2) is 9.90. The lowest BCUT2D eigenvalue weighted by atomic mass is 10.2. The minimum absolute atomic E-state index is 0.0687. The van der Waals surface area contributed by atoms with Crippen molar-refractivity contribution in [2.45, 2.75) is 13.2 Å². The van der Waals surface area contributed by atoms with Gasteiger partial charge in [-0.2, -0.15) is 15.0 Å². The van der Waals surface area contributed by atoms with Crippen LogP contribution in [0.3, 0.4) is 0 Å². The Morgan fingerprint density at radius 1 is 1.07 bits per heavy atom. The molecule has 0 spiro atoms.